The Morgan fingerprint density at radius 3 is 2.59 bits per heavy atom. The van der Waals surface area contributed by atoms with E-state index in [0.29, 0.717) is 6.42 Å². The van der Waals surface area contributed by atoms with Gasteiger partial charge in [0, 0.05) is 42.2 Å². The Balaban J connectivity index is 1.50. The second-order valence-electron chi connectivity index (χ2n) is 7.06. The van der Waals surface area contributed by atoms with Crippen molar-refractivity contribution in [2.45, 2.75) is 26.3 Å². The van der Waals surface area contributed by atoms with Crippen LogP contribution in [0.25, 0.3) is 17.0 Å². The van der Waals surface area contributed by atoms with E-state index in [4.69, 9.17) is 5.21 Å². The second-order valence-corrected chi connectivity index (χ2v) is 7.06. The number of carbonyl (C=O) groups excluding carboxylic acids is 1. The zero-order chi connectivity index (χ0) is 20.6. The summed E-state index contributed by atoms with van der Waals surface area (Å²) in [5, 5.41) is 22.3. The molecule has 0 aliphatic heterocycles. The monoisotopic (exact) mass is 393 g/mol. The summed E-state index contributed by atoms with van der Waals surface area (Å²) in [6.45, 7) is 3.88. The van der Waals surface area contributed by atoms with Gasteiger partial charge in [-0.05, 0) is 54.3 Å². The maximum Gasteiger partial charge on any atom is 0.267 e. The van der Waals surface area contributed by atoms with Crippen LogP contribution >= 0.6 is 0 Å². The lowest BCUT2D eigenvalue weighted by atomic mass is 10.1. The molecule has 1 heterocycles. The van der Waals surface area contributed by atoms with Gasteiger partial charge in [0.2, 0.25) is 0 Å². The molecule has 5 N–H and O–H groups in total. The normalized spacial score (nSPS) is 11.4. The minimum Gasteiger partial charge on any atom is -0.396 e. The van der Waals surface area contributed by atoms with Crippen molar-refractivity contribution in [2.24, 2.45) is 0 Å². The number of aliphatic hydroxyl groups is 1. The molecule has 3 aromatic rings. The topological polar surface area (TPSA) is 97.4 Å². The first-order chi connectivity index (χ1) is 14.1. The Bertz CT molecular complexity index is 991. The highest BCUT2D eigenvalue weighted by molar-refractivity contribution is 5.90. The predicted octanol–water partition coefficient (Wildman–Crippen LogP) is 2.86. The molecule has 1 aromatic heterocycles. The van der Waals surface area contributed by atoms with Crippen LogP contribution in [0.3, 0.4) is 0 Å². The Labute approximate surface area is 170 Å². The summed E-state index contributed by atoms with van der Waals surface area (Å²) in [7, 11) is 0. The number of aromatic nitrogens is 1. The van der Waals surface area contributed by atoms with Crippen LogP contribution in [0.1, 0.15) is 27.9 Å². The van der Waals surface area contributed by atoms with Crippen molar-refractivity contribution in [1.82, 2.24) is 15.8 Å². The molecular formula is C23H27N3O3. The molecule has 0 spiro atoms. The second kappa shape index (κ2) is 10.0. The zero-order valence-electron chi connectivity index (χ0n) is 16.5. The number of hydrogen-bond acceptors (Lipinski definition) is 4. The number of hydrogen-bond donors (Lipinski definition) is 5. The summed E-state index contributed by atoms with van der Waals surface area (Å²) in [6, 6.07) is 14.4. The van der Waals surface area contributed by atoms with Crippen LogP contribution in [0, 0.1) is 6.92 Å². The fourth-order valence-electron chi connectivity index (χ4n) is 3.38. The van der Waals surface area contributed by atoms with E-state index in [1.807, 2.05) is 24.3 Å². The number of amides is 1. The van der Waals surface area contributed by atoms with Crippen molar-refractivity contribution in [1.29, 1.82) is 0 Å². The molecule has 0 fully saturated rings. The van der Waals surface area contributed by atoms with Crippen LogP contribution in [0.15, 0.2) is 48.5 Å². The molecular weight excluding hydrogens is 366 g/mol. The van der Waals surface area contributed by atoms with E-state index in [0.717, 1.165) is 41.8 Å². The number of aliphatic hydroxyl groups excluding tert-OH is 1. The third kappa shape index (κ3) is 5.54. The first-order valence-corrected chi connectivity index (χ1v) is 9.73. The highest BCUT2D eigenvalue weighted by atomic mass is 16.5. The maximum atomic E-state index is 11.0. The minimum absolute atomic E-state index is 0.152. The largest absolute Gasteiger partial charge is 0.396 e. The number of aryl methyl sites for hydroxylation is 1. The number of fused-ring (bicyclic) bond motifs is 1. The average Bonchev–Trinajstić information content (AvgIpc) is 3.05. The van der Waals surface area contributed by atoms with Crippen LogP contribution in [0.2, 0.25) is 0 Å². The first-order valence-electron chi connectivity index (χ1n) is 9.73. The fraction of sp³-hybridized carbons (Fsp3) is 0.261. The van der Waals surface area contributed by atoms with Crippen LogP contribution in [-0.4, -0.2) is 34.4 Å². The molecule has 0 saturated heterocycles. The summed E-state index contributed by atoms with van der Waals surface area (Å²) in [5.74, 6) is -0.548. The molecule has 0 aliphatic rings. The molecule has 2 aromatic carbocycles. The van der Waals surface area contributed by atoms with Gasteiger partial charge in [-0.2, -0.15) is 0 Å². The van der Waals surface area contributed by atoms with Crippen LogP contribution in [0.4, 0.5) is 0 Å². The molecule has 0 aliphatic carbocycles. The first kappa shape index (κ1) is 20.8. The molecule has 3 rings (SSSR count). The van der Waals surface area contributed by atoms with Gasteiger partial charge in [0.25, 0.3) is 5.91 Å². The van der Waals surface area contributed by atoms with Gasteiger partial charge in [0.1, 0.15) is 0 Å². The number of nitrogens with one attached hydrogen (secondary N) is 3. The van der Waals surface area contributed by atoms with E-state index < -0.39 is 5.91 Å². The Hall–Kier alpha value is -2.93. The van der Waals surface area contributed by atoms with E-state index in [9.17, 15) is 9.90 Å². The van der Waals surface area contributed by atoms with Gasteiger partial charge in [-0.15, -0.1) is 0 Å². The molecule has 152 valence electrons. The van der Waals surface area contributed by atoms with Gasteiger partial charge in [-0.25, -0.2) is 5.48 Å². The lowest BCUT2D eigenvalue weighted by Gasteiger charge is -2.06. The maximum absolute atomic E-state index is 11.0. The van der Waals surface area contributed by atoms with Gasteiger partial charge in [-0.1, -0.05) is 36.4 Å². The number of aromatic amines is 1. The van der Waals surface area contributed by atoms with Crippen molar-refractivity contribution < 1.29 is 15.1 Å². The zero-order valence-corrected chi connectivity index (χ0v) is 16.5. The van der Waals surface area contributed by atoms with Crippen LogP contribution in [0.5, 0.6) is 0 Å². The van der Waals surface area contributed by atoms with Gasteiger partial charge in [0.15, 0.2) is 0 Å². The molecule has 6 heteroatoms. The van der Waals surface area contributed by atoms with E-state index in [1.54, 1.807) is 11.6 Å². The van der Waals surface area contributed by atoms with Crippen LogP contribution < -0.4 is 10.8 Å². The lowest BCUT2D eigenvalue weighted by molar-refractivity contribution is -0.124. The number of hydroxylamine groups is 1. The lowest BCUT2D eigenvalue weighted by Crippen LogP contribution is -2.16. The number of benzene rings is 2. The summed E-state index contributed by atoms with van der Waals surface area (Å²) in [6.07, 6.45) is 4.51. The molecule has 6 nitrogen and oxygen atoms in total. The highest BCUT2D eigenvalue weighted by Crippen LogP contribution is 2.23. The van der Waals surface area contributed by atoms with Gasteiger partial charge in [0.05, 0.1) is 0 Å². The molecule has 1 amide bonds. The highest BCUT2D eigenvalue weighted by Gasteiger charge is 2.07. The predicted molar refractivity (Wildman–Crippen MR) is 115 cm³/mol. The Morgan fingerprint density at radius 2 is 1.86 bits per heavy atom. The summed E-state index contributed by atoms with van der Waals surface area (Å²) in [5.41, 5.74) is 8.34. The Morgan fingerprint density at radius 1 is 1.10 bits per heavy atom. The quantitative estimate of drug-likeness (QED) is 0.167. The molecule has 0 unspecified atom stereocenters. The van der Waals surface area contributed by atoms with Gasteiger partial charge >= 0.3 is 0 Å². The smallest absolute Gasteiger partial charge is 0.267 e. The molecule has 0 saturated carbocycles. The summed E-state index contributed by atoms with van der Waals surface area (Å²) in [4.78, 5) is 14.4. The van der Waals surface area contributed by atoms with Gasteiger partial charge < -0.3 is 15.4 Å². The van der Waals surface area contributed by atoms with Gasteiger partial charge in [-0.3, -0.25) is 10.0 Å². The van der Waals surface area contributed by atoms with Crippen molar-refractivity contribution in [3.63, 3.8) is 0 Å². The minimum atomic E-state index is -0.548. The van der Waals surface area contributed by atoms with E-state index in [-0.39, 0.29) is 6.61 Å². The molecule has 0 radical (unpaired) electrons. The average molecular weight is 393 g/mol. The van der Waals surface area contributed by atoms with Crippen molar-refractivity contribution >= 4 is 22.9 Å². The SMILES string of the molecule is Cc1c(CCO)[nH]c2cc(CCNCc3ccc(/C=C/C(=O)NO)cc3)ccc12. The number of carbonyl (C=O) groups is 1. The van der Waals surface area contributed by atoms with E-state index in [2.05, 4.69) is 35.4 Å². The Kier molecular flexibility index (Phi) is 7.19. The third-order valence-electron chi connectivity index (χ3n) is 5.02. The van der Waals surface area contributed by atoms with Crippen LogP contribution in [-0.2, 0) is 24.2 Å². The van der Waals surface area contributed by atoms with E-state index >= 15 is 0 Å². The number of rotatable bonds is 9. The standard InChI is InChI=1S/C23H27N3O3/c1-16-20-8-6-18(14-22(20)25-21(16)11-13-27)10-12-24-15-19-4-2-17(3-5-19)7-9-23(28)26-29/h2-9,14,24-25,27,29H,10-13,15H2,1H3,(H,26,28)/b9-7+. The third-order valence-corrected chi connectivity index (χ3v) is 5.02. The van der Waals surface area contributed by atoms with Crippen molar-refractivity contribution in [3.8, 4) is 0 Å². The van der Waals surface area contributed by atoms with Crippen molar-refractivity contribution in [3.05, 3.63) is 76.5 Å². The number of H-pyrrole nitrogens is 1. The van der Waals surface area contributed by atoms with E-state index in [1.165, 1.54) is 22.6 Å². The molecule has 0 bridgehead atoms. The molecule has 29 heavy (non-hydrogen) atoms. The molecule has 0 atom stereocenters. The van der Waals surface area contributed by atoms with Crippen molar-refractivity contribution in [2.75, 3.05) is 13.2 Å². The summed E-state index contributed by atoms with van der Waals surface area (Å²) < 4.78 is 0. The fourth-order valence-corrected chi connectivity index (χ4v) is 3.38. The summed E-state index contributed by atoms with van der Waals surface area (Å²) >= 11 is 0.